The van der Waals surface area contributed by atoms with E-state index in [4.69, 9.17) is 4.74 Å². The van der Waals surface area contributed by atoms with Crippen molar-refractivity contribution in [2.75, 3.05) is 49.6 Å². The Bertz CT molecular complexity index is 1140. The van der Waals surface area contributed by atoms with Crippen molar-refractivity contribution >= 4 is 17.6 Å². The van der Waals surface area contributed by atoms with Crippen LogP contribution in [0.1, 0.15) is 25.4 Å². The second-order valence-electron chi connectivity index (χ2n) is 8.19. The predicted octanol–water partition coefficient (Wildman–Crippen LogP) is 4.05. The van der Waals surface area contributed by atoms with Gasteiger partial charge in [0, 0.05) is 44.8 Å². The Labute approximate surface area is 194 Å². The Morgan fingerprint density at radius 1 is 1.00 bits per heavy atom. The molecule has 12 heteroatoms. The maximum atomic E-state index is 13.6. The molecule has 0 spiro atoms. The molecule has 2 fully saturated rings. The largest absolute Gasteiger partial charge is 0.379 e. The van der Waals surface area contributed by atoms with Gasteiger partial charge in [-0.2, -0.15) is 4.98 Å². The topological polar surface area (TPSA) is 71.3 Å². The average molecular weight is 479 g/mol. The van der Waals surface area contributed by atoms with Crippen molar-refractivity contribution in [3.8, 4) is 5.69 Å². The summed E-state index contributed by atoms with van der Waals surface area (Å²) in [6, 6.07) is 8.75. The van der Waals surface area contributed by atoms with Gasteiger partial charge >= 0.3 is 0 Å². The van der Waals surface area contributed by atoms with E-state index in [0.29, 0.717) is 43.9 Å². The van der Waals surface area contributed by atoms with Crippen molar-refractivity contribution in [3.63, 3.8) is 0 Å². The highest BCUT2D eigenvalue weighted by molar-refractivity contribution is 5.56. The van der Waals surface area contributed by atoms with Crippen LogP contribution in [-0.4, -0.2) is 70.1 Å². The van der Waals surface area contributed by atoms with E-state index in [9.17, 15) is 17.6 Å². The van der Waals surface area contributed by atoms with E-state index in [1.165, 1.54) is 41.3 Å². The van der Waals surface area contributed by atoms with Gasteiger partial charge in [0.2, 0.25) is 5.95 Å². The molecule has 182 valence electrons. The zero-order chi connectivity index (χ0) is 23.7. The molecule has 8 nitrogen and oxygen atoms in total. The Kier molecular flexibility index (Phi) is 6.33. The number of ether oxygens (including phenoxy) is 1. The number of pyridine rings is 1. The van der Waals surface area contributed by atoms with Crippen molar-refractivity contribution in [2.24, 2.45) is 0 Å². The van der Waals surface area contributed by atoms with Crippen LogP contribution in [0.15, 0.2) is 42.7 Å². The van der Waals surface area contributed by atoms with Crippen LogP contribution >= 0.6 is 0 Å². The van der Waals surface area contributed by atoms with Crippen molar-refractivity contribution < 1.29 is 23.7 Å². The summed E-state index contributed by atoms with van der Waals surface area (Å²) in [4.78, 5) is 12.9. The molecule has 0 atom stereocenters. The molecule has 0 amide bonds. The van der Waals surface area contributed by atoms with Crippen LogP contribution in [0.25, 0.3) is 5.69 Å². The number of hydrogen-bond donors (Lipinski definition) is 1. The van der Waals surface area contributed by atoms with Crippen molar-refractivity contribution in [1.82, 2.24) is 24.6 Å². The van der Waals surface area contributed by atoms with E-state index in [1.54, 1.807) is 6.07 Å². The fraction of sp³-hybridized carbons (Fsp3) is 0.409. The fourth-order valence-electron chi connectivity index (χ4n) is 4.07. The summed E-state index contributed by atoms with van der Waals surface area (Å²) in [5, 5.41) is 7.08. The average Bonchev–Trinajstić information content (AvgIpc) is 3.27. The molecular weight excluding hydrogens is 454 g/mol. The van der Waals surface area contributed by atoms with Crippen LogP contribution in [0.2, 0.25) is 0 Å². The molecule has 3 aromatic rings. The van der Waals surface area contributed by atoms with Crippen LogP contribution in [0, 0.1) is 0 Å². The molecule has 0 radical (unpaired) electrons. The summed E-state index contributed by atoms with van der Waals surface area (Å²) in [6.45, 7) is 4.54. The number of hydrogen-bond acceptors (Lipinski definition) is 7. The van der Waals surface area contributed by atoms with Gasteiger partial charge in [-0.3, -0.25) is 4.90 Å². The van der Waals surface area contributed by atoms with Crippen LogP contribution in [0.5, 0.6) is 0 Å². The number of alkyl halides is 4. The lowest BCUT2D eigenvalue weighted by Gasteiger charge is -2.47. The van der Waals surface area contributed by atoms with Gasteiger partial charge in [0.25, 0.3) is 12.9 Å². The monoisotopic (exact) mass is 479 g/mol. The molecule has 0 saturated carbocycles. The Morgan fingerprint density at radius 2 is 1.76 bits per heavy atom. The number of morpholine rings is 1. The van der Waals surface area contributed by atoms with E-state index in [-0.39, 0.29) is 24.3 Å². The molecule has 2 aromatic heterocycles. The van der Waals surface area contributed by atoms with Crippen LogP contribution in [0.4, 0.5) is 35.1 Å². The zero-order valence-electron chi connectivity index (χ0n) is 18.1. The van der Waals surface area contributed by atoms with Gasteiger partial charge in [-0.05, 0) is 24.3 Å². The van der Waals surface area contributed by atoms with Gasteiger partial charge in [0.1, 0.15) is 18.0 Å². The van der Waals surface area contributed by atoms with E-state index >= 15 is 0 Å². The summed E-state index contributed by atoms with van der Waals surface area (Å²) < 4.78 is 59.8. The number of nitrogens with one attached hydrogen (secondary N) is 1. The fourth-order valence-corrected chi connectivity index (χ4v) is 4.07. The lowest BCUT2D eigenvalue weighted by molar-refractivity contribution is 0.0104. The summed E-state index contributed by atoms with van der Waals surface area (Å²) >= 11 is 0. The molecular formula is C22H25F4N7O. The van der Waals surface area contributed by atoms with Crippen molar-refractivity contribution in [3.05, 3.63) is 53.9 Å². The molecule has 5 rings (SSSR count). The number of benzene rings is 1. The molecule has 2 aliphatic rings. The van der Waals surface area contributed by atoms with Crippen LogP contribution in [-0.2, 0) is 4.74 Å². The van der Waals surface area contributed by atoms with Crippen LogP contribution in [0.3, 0.4) is 0 Å². The molecule has 4 heterocycles. The number of aromatic nitrogens is 4. The SMILES string of the molecule is FC(F)c1cccc(-n2cnc(Nc3cc(C(F)F)cc(N4CC(N5CCOCC5)C4)n3)n2)c1.[HH]. The third-order valence-corrected chi connectivity index (χ3v) is 5.95. The number of halogens is 4. The standard InChI is InChI=1S/C22H23F4N7O.H2/c23-20(24)14-2-1-3-16(8-14)33-13-27-22(30-33)29-18-9-15(21(25)26)10-19(28-18)32-11-17(12-32)31-4-6-34-7-5-31;/h1-3,8-10,13,17,20-21H,4-7,11-12H2,(H,28,29,30);1H. The second-order valence-corrected chi connectivity index (χ2v) is 8.19. The maximum Gasteiger partial charge on any atom is 0.264 e. The van der Waals surface area contributed by atoms with E-state index in [0.717, 1.165) is 13.1 Å². The Morgan fingerprint density at radius 3 is 2.50 bits per heavy atom. The first-order valence-electron chi connectivity index (χ1n) is 10.9. The smallest absolute Gasteiger partial charge is 0.264 e. The number of rotatable bonds is 7. The Balaban J connectivity index is 0.00000289. The summed E-state index contributed by atoms with van der Waals surface area (Å²) in [7, 11) is 0. The lowest BCUT2D eigenvalue weighted by atomic mass is 10.1. The molecule has 0 bridgehead atoms. The minimum absolute atomic E-state index is 0. The highest BCUT2D eigenvalue weighted by atomic mass is 19.3. The molecule has 2 saturated heterocycles. The quantitative estimate of drug-likeness (QED) is 0.513. The lowest BCUT2D eigenvalue weighted by Crippen LogP contribution is -2.61. The molecule has 34 heavy (non-hydrogen) atoms. The maximum absolute atomic E-state index is 13.6. The summed E-state index contributed by atoms with van der Waals surface area (Å²) in [5.74, 6) is 0.748. The van der Waals surface area contributed by atoms with E-state index in [2.05, 4.69) is 25.3 Å². The first-order chi connectivity index (χ1) is 16.5. The first kappa shape index (κ1) is 22.5. The molecule has 1 aromatic carbocycles. The third kappa shape index (κ3) is 4.82. The zero-order valence-corrected chi connectivity index (χ0v) is 18.1. The number of nitrogens with zero attached hydrogens (tertiary/aromatic N) is 6. The Hall–Kier alpha value is -3.25. The van der Waals surface area contributed by atoms with E-state index in [1.807, 2.05) is 4.90 Å². The molecule has 0 unspecified atom stereocenters. The van der Waals surface area contributed by atoms with Gasteiger partial charge in [0.05, 0.1) is 18.9 Å². The van der Waals surface area contributed by atoms with Crippen molar-refractivity contribution in [1.29, 1.82) is 0 Å². The van der Waals surface area contributed by atoms with Crippen LogP contribution < -0.4 is 10.2 Å². The normalized spacial score (nSPS) is 17.4. The molecule has 1 N–H and O–H groups in total. The van der Waals surface area contributed by atoms with Gasteiger partial charge in [-0.25, -0.2) is 27.2 Å². The predicted molar refractivity (Wildman–Crippen MR) is 119 cm³/mol. The first-order valence-corrected chi connectivity index (χ1v) is 10.9. The third-order valence-electron chi connectivity index (χ3n) is 5.95. The van der Waals surface area contributed by atoms with Crippen molar-refractivity contribution in [2.45, 2.75) is 18.9 Å². The minimum atomic E-state index is -2.67. The second kappa shape index (κ2) is 9.55. The molecule has 0 aliphatic carbocycles. The highest BCUT2D eigenvalue weighted by Gasteiger charge is 2.34. The van der Waals surface area contributed by atoms with Gasteiger partial charge in [0.15, 0.2) is 0 Å². The minimum Gasteiger partial charge on any atom is -0.379 e. The van der Waals surface area contributed by atoms with E-state index < -0.39 is 12.9 Å². The number of anilines is 3. The van der Waals surface area contributed by atoms with Gasteiger partial charge in [-0.1, -0.05) is 12.1 Å². The summed E-state index contributed by atoms with van der Waals surface area (Å²) in [5.41, 5.74) is 0.109. The van der Waals surface area contributed by atoms with Gasteiger partial charge < -0.3 is 15.0 Å². The summed E-state index contributed by atoms with van der Waals surface area (Å²) in [6.07, 6.45) is -3.92. The highest BCUT2D eigenvalue weighted by Crippen LogP contribution is 2.30. The van der Waals surface area contributed by atoms with Gasteiger partial charge in [-0.15, -0.1) is 5.10 Å². The molecule has 2 aliphatic heterocycles.